The van der Waals surface area contributed by atoms with Crippen LogP contribution in [0, 0.1) is 6.92 Å². The van der Waals surface area contributed by atoms with Crippen molar-refractivity contribution < 1.29 is 9.53 Å². The second kappa shape index (κ2) is 6.57. The summed E-state index contributed by atoms with van der Waals surface area (Å²) in [5, 5.41) is 2.88. The van der Waals surface area contributed by atoms with Gasteiger partial charge in [0.1, 0.15) is 5.75 Å². The Labute approximate surface area is 115 Å². The average molecular weight is 264 g/mol. The van der Waals surface area contributed by atoms with Crippen LogP contribution in [0.5, 0.6) is 5.75 Å². The van der Waals surface area contributed by atoms with Crippen molar-refractivity contribution in [2.75, 3.05) is 11.9 Å². The number of rotatable bonds is 6. The summed E-state index contributed by atoms with van der Waals surface area (Å²) in [6.45, 7) is 8.30. The van der Waals surface area contributed by atoms with Crippen LogP contribution >= 0.6 is 0 Å². The Bertz CT molecular complexity index is 440. The largest absolute Gasteiger partial charge is 0.492 e. The third kappa shape index (κ3) is 3.70. The van der Waals surface area contributed by atoms with Crippen molar-refractivity contribution in [2.24, 2.45) is 5.73 Å². The topological polar surface area (TPSA) is 64.3 Å². The molecule has 1 amide bonds. The van der Waals surface area contributed by atoms with Crippen LogP contribution in [-0.2, 0) is 4.79 Å². The zero-order valence-electron chi connectivity index (χ0n) is 12.2. The standard InChI is InChI=1S/C15H24N2O2/c1-5-15(16,6-2)14(18)17-12-9-8-11(4)10-13(12)19-7-3/h8-10H,5-7,16H2,1-4H3,(H,17,18). The Balaban J connectivity index is 2.96. The molecule has 0 fully saturated rings. The first-order valence-electron chi connectivity index (χ1n) is 6.80. The predicted octanol–water partition coefficient (Wildman–Crippen LogP) is 2.85. The minimum absolute atomic E-state index is 0.165. The Hall–Kier alpha value is -1.55. The van der Waals surface area contributed by atoms with Crippen LogP contribution < -0.4 is 15.8 Å². The Morgan fingerprint density at radius 2 is 1.95 bits per heavy atom. The van der Waals surface area contributed by atoms with Crippen LogP contribution in [0.2, 0.25) is 0 Å². The second-order valence-corrected chi connectivity index (χ2v) is 4.75. The Morgan fingerprint density at radius 1 is 1.32 bits per heavy atom. The van der Waals surface area contributed by atoms with E-state index in [9.17, 15) is 4.79 Å². The molecule has 1 aromatic rings. The molecule has 0 aliphatic rings. The van der Waals surface area contributed by atoms with Gasteiger partial charge in [0.15, 0.2) is 0 Å². The molecule has 19 heavy (non-hydrogen) atoms. The number of ether oxygens (including phenoxy) is 1. The molecule has 0 atom stereocenters. The molecule has 0 unspecified atom stereocenters. The molecular weight excluding hydrogens is 240 g/mol. The van der Waals surface area contributed by atoms with Crippen molar-refractivity contribution in [2.45, 2.75) is 46.1 Å². The molecule has 4 nitrogen and oxygen atoms in total. The monoisotopic (exact) mass is 264 g/mol. The molecule has 0 saturated heterocycles. The first kappa shape index (κ1) is 15.5. The summed E-state index contributed by atoms with van der Waals surface area (Å²) in [6, 6.07) is 5.70. The molecule has 3 N–H and O–H groups in total. The molecule has 0 radical (unpaired) electrons. The van der Waals surface area contributed by atoms with Crippen LogP contribution in [0.25, 0.3) is 0 Å². The van der Waals surface area contributed by atoms with Crippen LogP contribution in [0.4, 0.5) is 5.69 Å². The van der Waals surface area contributed by atoms with E-state index in [1.807, 2.05) is 45.9 Å². The highest BCUT2D eigenvalue weighted by Crippen LogP contribution is 2.27. The van der Waals surface area contributed by atoms with E-state index in [4.69, 9.17) is 10.5 Å². The molecule has 0 saturated carbocycles. The fourth-order valence-electron chi connectivity index (χ4n) is 1.83. The average Bonchev–Trinajstić information content (AvgIpc) is 2.41. The maximum absolute atomic E-state index is 12.2. The number of aryl methyl sites for hydroxylation is 1. The van der Waals surface area contributed by atoms with Crippen molar-refractivity contribution in [1.82, 2.24) is 0 Å². The fourth-order valence-corrected chi connectivity index (χ4v) is 1.83. The van der Waals surface area contributed by atoms with E-state index in [-0.39, 0.29) is 5.91 Å². The number of benzene rings is 1. The van der Waals surface area contributed by atoms with Gasteiger partial charge in [-0.05, 0) is 44.4 Å². The van der Waals surface area contributed by atoms with Gasteiger partial charge in [0.05, 0.1) is 17.8 Å². The smallest absolute Gasteiger partial charge is 0.244 e. The number of carbonyl (C=O) groups excluding carboxylic acids is 1. The van der Waals surface area contributed by atoms with Crippen LogP contribution in [-0.4, -0.2) is 18.1 Å². The van der Waals surface area contributed by atoms with Gasteiger partial charge in [0, 0.05) is 0 Å². The Morgan fingerprint density at radius 3 is 2.47 bits per heavy atom. The van der Waals surface area contributed by atoms with Crippen molar-refractivity contribution in [1.29, 1.82) is 0 Å². The van der Waals surface area contributed by atoms with Gasteiger partial charge in [-0.3, -0.25) is 4.79 Å². The summed E-state index contributed by atoms with van der Waals surface area (Å²) in [6.07, 6.45) is 1.20. The maximum Gasteiger partial charge on any atom is 0.244 e. The molecule has 0 aromatic heterocycles. The lowest BCUT2D eigenvalue weighted by Crippen LogP contribution is -2.50. The summed E-state index contributed by atoms with van der Waals surface area (Å²) in [7, 11) is 0. The lowest BCUT2D eigenvalue weighted by Gasteiger charge is -2.25. The lowest BCUT2D eigenvalue weighted by atomic mass is 9.93. The third-order valence-corrected chi connectivity index (χ3v) is 3.40. The van der Waals surface area contributed by atoms with Gasteiger partial charge in [-0.2, -0.15) is 0 Å². The van der Waals surface area contributed by atoms with E-state index in [1.165, 1.54) is 0 Å². The maximum atomic E-state index is 12.2. The summed E-state index contributed by atoms with van der Waals surface area (Å²) < 4.78 is 5.54. The third-order valence-electron chi connectivity index (χ3n) is 3.40. The molecule has 0 heterocycles. The first-order valence-corrected chi connectivity index (χ1v) is 6.80. The van der Waals surface area contributed by atoms with Gasteiger partial charge in [0.25, 0.3) is 0 Å². The van der Waals surface area contributed by atoms with Gasteiger partial charge in [-0.1, -0.05) is 19.9 Å². The van der Waals surface area contributed by atoms with Crippen molar-refractivity contribution >= 4 is 11.6 Å². The summed E-state index contributed by atoms with van der Waals surface area (Å²) >= 11 is 0. The number of carbonyl (C=O) groups is 1. The van der Waals surface area contributed by atoms with E-state index in [1.54, 1.807) is 0 Å². The first-order chi connectivity index (χ1) is 8.96. The number of nitrogens with two attached hydrogens (primary N) is 1. The second-order valence-electron chi connectivity index (χ2n) is 4.75. The van der Waals surface area contributed by atoms with E-state index < -0.39 is 5.54 Å². The van der Waals surface area contributed by atoms with Crippen molar-refractivity contribution in [3.8, 4) is 5.75 Å². The van der Waals surface area contributed by atoms with Crippen molar-refractivity contribution in [3.05, 3.63) is 23.8 Å². The van der Waals surface area contributed by atoms with E-state index >= 15 is 0 Å². The minimum Gasteiger partial charge on any atom is -0.492 e. The summed E-state index contributed by atoms with van der Waals surface area (Å²) in [4.78, 5) is 12.2. The highest BCUT2D eigenvalue weighted by Gasteiger charge is 2.30. The molecule has 4 heteroatoms. The molecular formula is C15H24N2O2. The molecule has 1 aromatic carbocycles. The van der Waals surface area contributed by atoms with Crippen LogP contribution in [0.3, 0.4) is 0 Å². The summed E-state index contributed by atoms with van der Waals surface area (Å²) in [5.74, 6) is 0.521. The molecule has 0 spiro atoms. The zero-order valence-corrected chi connectivity index (χ0v) is 12.2. The number of hydrogen-bond donors (Lipinski definition) is 2. The lowest BCUT2D eigenvalue weighted by molar-refractivity contribution is -0.121. The SMILES string of the molecule is CCOc1cc(C)ccc1NC(=O)C(N)(CC)CC. The fraction of sp³-hybridized carbons (Fsp3) is 0.533. The van der Waals surface area contributed by atoms with Gasteiger partial charge in [-0.15, -0.1) is 0 Å². The van der Waals surface area contributed by atoms with Gasteiger partial charge in [-0.25, -0.2) is 0 Å². The summed E-state index contributed by atoms with van der Waals surface area (Å²) in [5.41, 5.74) is 7.03. The molecule has 0 aliphatic carbocycles. The minimum atomic E-state index is -0.825. The highest BCUT2D eigenvalue weighted by molar-refractivity contribution is 5.99. The number of nitrogens with one attached hydrogen (secondary N) is 1. The van der Waals surface area contributed by atoms with Gasteiger partial charge >= 0.3 is 0 Å². The van der Waals surface area contributed by atoms with Crippen LogP contribution in [0.15, 0.2) is 18.2 Å². The Kier molecular flexibility index (Phi) is 5.36. The van der Waals surface area contributed by atoms with E-state index in [0.29, 0.717) is 30.9 Å². The predicted molar refractivity (Wildman–Crippen MR) is 78.5 cm³/mol. The number of anilines is 1. The molecule has 106 valence electrons. The van der Waals surface area contributed by atoms with Crippen LogP contribution in [0.1, 0.15) is 39.2 Å². The van der Waals surface area contributed by atoms with E-state index in [2.05, 4.69) is 5.32 Å². The van der Waals surface area contributed by atoms with E-state index in [0.717, 1.165) is 5.56 Å². The molecule has 0 aliphatic heterocycles. The number of hydrogen-bond acceptors (Lipinski definition) is 3. The van der Waals surface area contributed by atoms with Gasteiger partial charge < -0.3 is 15.8 Å². The zero-order chi connectivity index (χ0) is 14.5. The normalized spacial score (nSPS) is 11.2. The van der Waals surface area contributed by atoms with Gasteiger partial charge in [0.2, 0.25) is 5.91 Å². The molecule has 1 rings (SSSR count). The highest BCUT2D eigenvalue weighted by atomic mass is 16.5. The molecule has 0 bridgehead atoms. The number of amides is 1. The quantitative estimate of drug-likeness (QED) is 0.830. The van der Waals surface area contributed by atoms with Crippen molar-refractivity contribution in [3.63, 3.8) is 0 Å².